The van der Waals surface area contributed by atoms with Crippen LogP contribution in [0.1, 0.15) is 27.9 Å². The van der Waals surface area contributed by atoms with Gasteiger partial charge in [0.25, 0.3) is 0 Å². The number of ketones is 1. The first-order valence-electron chi connectivity index (χ1n) is 6.31. The predicted molar refractivity (Wildman–Crippen MR) is 70.5 cm³/mol. The van der Waals surface area contributed by atoms with E-state index in [1.54, 1.807) is 6.07 Å². The van der Waals surface area contributed by atoms with E-state index in [1.165, 1.54) is 30.3 Å². The molecule has 2 rings (SSSR count). The molecule has 0 aliphatic heterocycles. The number of alkyl halides is 3. The van der Waals surface area contributed by atoms with Crippen LogP contribution in [0, 0.1) is 5.82 Å². The first-order valence-corrected chi connectivity index (χ1v) is 6.31. The van der Waals surface area contributed by atoms with Crippen molar-refractivity contribution < 1.29 is 22.4 Å². The van der Waals surface area contributed by atoms with Crippen LogP contribution < -0.4 is 0 Å². The molecule has 0 unspecified atom stereocenters. The molecule has 0 bridgehead atoms. The molecule has 0 aromatic heterocycles. The minimum absolute atomic E-state index is 0.0763. The van der Waals surface area contributed by atoms with Gasteiger partial charge >= 0.3 is 6.18 Å². The van der Waals surface area contributed by atoms with Crippen molar-refractivity contribution >= 4 is 5.78 Å². The van der Waals surface area contributed by atoms with E-state index in [9.17, 15) is 22.4 Å². The largest absolute Gasteiger partial charge is 0.416 e. The minimum atomic E-state index is -4.39. The highest BCUT2D eigenvalue weighted by Gasteiger charge is 2.30. The number of hydrogen-bond donors (Lipinski definition) is 0. The van der Waals surface area contributed by atoms with Crippen LogP contribution in [0.4, 0.5) is 17.6 Å². The van der Waals surface area contributed by atoms with E-state index in [2.05, 4.69) is 0 Å². The minimum Gasteiger partial charge on any atom is -0.294 e. The summed E-state index contributed by atoms with van der Waals surface area (Å²) in [6.45, 7) is 0. The number of halogens is 4. The standard InChI is InChI=1S/C16H12F4O/c17-14-7-5-12(6-8-14)15(21)9-4-11-2-1-3-13(10-11)16(18,19)20/h1-3,5-8,10H,4,9H2. The molecule has 0 saturated carbocycles. The Kier molecular flexibility index (Phi) is 4.40. The summed E-state index contributed by atoms with van der Waals surface area (Å²) in [4.78, 5) is 11.9. The van der Waals surface area contributed by atoms with Gasteiger partial charge in [-0.2, -0.15) is 13.2 Å². The van der Waals surface area contributed by atoms with Crippen LogP contribution >= 0.6 is 0 Å². The summed E-state index contributed by atoms with van der Waals surface area (Å²) in [6, 6.07) is 9.99. The molecule has 5 heteroatoms. The Morgan fingerprint density at radius 1 is 1.00 bits per heavy atom. The van der Waals surface area contributed by atoms with Crippen molar-refractivity contribution in [2.45, 2.75) is 19.0 Å². The number of hydrogen-bond acceptors (Lipinski definition) is 1. The van der Waals surface area contributed by atoms with Crippen molar-refractivity contribution in [2.75, 3.05) is 0 Å². The number of carbonyl (C=O) groups is 1. The predicted octanol–water partition coefficient (Wildman–Crippen LogP) is 4.66. The molecule has 0 fully saturated rings. The number of rotatable bonds is 4. The molecular weight excluding hydrogens is 284 g/mol. The van der Waals surface area contributed by atoms with Gasteiger partial charge in [0.05, 0.1) is 5.56 Å². The normalized spacial score (nSPS) is 11.4. The Labute approximate surface area is 119 Å². The fourth-order valence-electron chi connectivity index (χ4n) is 1.94. The third-order valence-corrected chi connectivity index (χ3v) is 3.06. The maximum atomic E-state index is 12.7. The van der Waals surface area contributed by atoms with Crippen LogP contribution in [0.2, 0.25) is 0 Å². The fraction of sp³-hybridized carbons (Fsp3) is 0.188. The lowest BCUT2D eigenvalue weighted by molar-refractivity contribution is -0.137. The number of Topliss-reactive ketones (excluding diaryl/α,β-unsaturated/α-hetero) is 1. The summed E-state index contributed by atoms with van der Waals surface area (Å²) in [7, 11) is 0. The molecule has 2 aromatic carbocycles. The molecule has 0 N–H and O–H groups in total. The van der Waals surface area contributed by atoms with Gasteiger partial charge < -0.3 is 0 Å². The van der Waals surface area contributed by atoms with Gasteiger partial charge in [-0.1, -0.05) is 18.2 Å². The second-order valence-electron chi connectivity index (χ2n) is 4.63. The van der Waals surface area contributed by atoms with Crippen molar-refractivity contribution in [3.05, 3.63) is 71.0 Å². The van der Waals surface area contributed by atoms with E-state index < -0.39 is 17.6 Å². The molecule has 0 radical (unpaired) electrons. The van der Waals surface area contributed by atoms with E-state index in [1.807, 2.05) is 0 Å². The Morgan fingerprint density at radius 3 is 2.29 bits per heavy atom. The number of carbonyl (C=O) groups excluding carboxylic acids is 1. The first-order chi connectivity index (χ1) is 9.86. The third kappa shape index (κ3) is 4.15. The SMILES string of the molecule is O=C(CCc1cccc(C(F)(F)F)c1)c1ccc(F)cc1. The molecule has 0 saturated heterocycles. The van der Waals surface area contributed by atoms with E-state index in [4.69, 9.17) is 0 Å². The zero-order valence-corrected chi connectivity index (χ0v) is 11.0. The molecule has 21 heavy (non-hydrogen) atoms. The summed E-state index contributed by atoms with van der Waals surface area (Å²) in [5, 5.41) is 0. The first kappa shape index (κ1) is 15.2. The maximum absolute atomic E-state index is 12.7. The van der Waals surface area contributed by atoms with Crippen LogP contribution in [-0.4, -0.2) is 5.78 Å². The zero-order chi connectivity index (χ0) is 15.5. The summed E-state index contributed by atoms with van der Waals surface area (Å²) in [6.07, 6.45) is -4.11. The quantitative estimate of drug-likeness (QED) is 0.592. The van der Waals surface area contributed by atoms with Gasteiger partial charge in [-0.15, -0.1) is 0 Å². The van der Waals surface area contributed by atoms with Gasteiger partial charge in [0.2, 0.25) is 0 Å². The molecule has 2 aromatic rings. The van der Waals surface area contributed by atoms with Crippen LogP contribution in [-0.2, 0) is 12.6 Å². The lowest BCUT2D eigenvalue weighted by Crippen LogP contribution is -2.06. The van der Waals surface area contributed by atoms with E-state index in [-0.39, 0.29) is 18.6 Å². The molecule has 0 spiro atoms. The average molecular weight is 296 g/mol. The summed E-state index contributed by atoms with van der Waals surface area (Å²) in [5.41, 5.74) is 0.0675. The molecule has 0 atom stereocenters. The van der Waals surface area contributed by atoms with Gasteiger partial charge in [0.15, 0.2) is 5.78 Å². The molecule has 0 heterocycles. The molecule has 110 valence electrons. The molecule has 0 aliphatic rings. The second-order valence-corrected chi connectivity index (χ2v) is 4.63. The summed E-state index contributed by atoms with van der Waals surface area (Å²) in [5.74, 6) is -0.670. The topological polar surface area (TPSA) is 17.1 Å². The highest BCUT2D eigenvalue weighted by atomic mass is 19.4. The average Bonchev–Trinajstić information content (AvgIpc) is 2.45. The lowest BCUT2D eigenvalue weighted by atomic mass is 10.0. The van der Waals surface area contributed by atoms with Gasteiger partial charge in [0, 0.05) is 12.0 Å². The summed E-state index contributed by atoms with van der Waals surface area (Å²) < 4.78 is 50.4. The smallest absolute Gasteiger partial charge is 0.294 e. The van der Waals surface area contributed by atoms with Crippen molar-refractivity contribution in [1.29, 1.82) is 0 Å². The molecule has 1 nitrogen and oxygen atoms in total. The highest BCUT2D eigenvalue weighted by Crippen LogP contribution is 2.29. The Morgan fingerprint density at radius 2 is 1.67 bits per heavy atom. The maximum Gasteiger partial charge on any atom is 0.416 e. The summed E-state index contributed by atoms with van der Waals surface area (Å²) >= 11 is 0. The van der Waals surface area contributed by atoms with E-state index in [0.717, 1.165) is 12.1 Å². The number of aryl methyl sites for hydroxylation is 1. The number of benzene rings is 2. The van der Waals surface area contributed by atoms with Gasteiger partial charge in [-0.05, 0) is 42.3 Å². The fourth-order valence-corrected chi connectivity index (χ4v) is 1.94. The van der Waals surface area contributed by atoms with Crippen LogP contribution in [0.25, 0.3) is 0 Å². The highest BCUT2D eigenvalue weighted by molar-refractivity contribution is 5.96. The van der Waals surface area contributed by atoms with Gasteiger partial charge in [-0.25, -0.2) is 4.39 Å². The second kappa shape index (κ2) is 6.08. The molecule has 0 aliphatic carbocycles. The van der Waals surface area contributed by atoms with Crippen LogP contribution in [0.5, 0.6) is 0 Å². The lowest BCUT2D eigenvalue weighted by Gasteiger charge is -2.08. The van der Waals surface area contributed by atoms with Crippen LogP contribution in [0.15, 0.2) is 48.5 Å². The molecular formula is C16H12F4O. The Bertz CT molecular complexity index is 629. The van der Waals surface area contributed by atoms with Crippen LogP contribution in [0.3, 0.4) is 0 Å². The zero-order valence-electron chi connectivity index (χ0n) is 11.0. The van der Waals surface area contributed by atoms with Crippen molar-refractivity contribution in [3.8, 4) is 0 Å². The van der Waals surface area contributed by atoms with Gasteiger partial charge in [0.1, 0.15) is 5.82 Å². The molecule has 0 amide bonds. The van der Waals surface area contributed by atoms with E-state index in [0.29, 0.717) is 11.1 Å². The van der Waals surface area contributed by atoms with E-state index >= 15 is 0 Å². The Balaban J connectivity index is 2.03. The van der Waals surface area contributed by atoms with Gasteiger partial charge in [-0.3, -0.25) is 4.79 Å². The monoisotopic (exact) mass is 296 g/mol. The van der Waals surface area contributed by atoms with Crippen molar-refractivity contribution in [3.63, 3.8) is 0 Å². The van der Waals surface area contributed by atoms with Crippen molar-refractivity contribution in [2.24, 2.45) is 0 Å². The van der Waals surface area contributed by atoms with Crippen molar-refractivity contribution in [1.82, 2.24) is 0 Å². The Hall–Kier alpha value is -2.17. The third-order valence-electron chi connectivity index (χ3n) is 3.06.